The van der Waals surface area contributed by atoms with Crippen molar-refractivity contribution < 1.29 is 14.7 Å². The van der Waals surface area contributed by atoms with E-state index in [4.69, 9.17) is 11.6 Å². The lowest BCUT2D eigenvalue weighted by Gasteiger charge is -2.14. The quantitative estimate of drug-likeness (QED) is 0.383. The van der Waals surface area contributed by atoms with Crippen molar-refractivity contribution in [3.05, 3.63) is 58.2 Å². The maximum Gasteiger partial charge on any atom is 0.224 e. The number of phenolic OH excluding ortho intramolecular Hbond substituents is 1. The molecule has 2 amide bonds. The number of hydrogen-bond acceptors (Lipinski definition) is 6. The summed E-state index contributed by atoms with van der Waals surface area (Å²) in [5, 5.41) is 33.0. The van der Waals surface area contributed by atoms with Gasteiger partial charge in [0.2, 0.25) is 11.8 Å². The second-order valence-corrected chi connectivity index (χ2v) is 7.70. The molecule has 170 valence electrons. The van der Waals surface area contributed by atoms with E-state index in [-0.39, 0.29) is 41.2 Å². The molecule has 0 bridgehead atoms. The standard InChI is InChI=1S/C23H23ClN6O3/c1-4-21(32)28-20-9-15(8-19(24)22(20)33)12-26-23-18(11-25)13(2)29-30(23)17-7-5-6-16(10-17)27-14(3)31/h5-10,26,33H,4,12H2,1-3H3,(H,27,31)(H,28,32). The zero-order valence-corrected chi connectivity index (χ0v) is 19.1. The average Bonchev–Trinajstić information content (AvgIpc) is 3.10. The first-order valence-electron chi connectivity index (χ1n) is 10.2. The minimum atomic E-state index is -0.258. The lowest BCUT2D eigenvalue weighted by Crippen LogP contribution is -2.11. The van der Waals surface area contributed by atoms with Gasteiger partial charge in [-0.15, -0.1) is 0 Å². The maximum atomic E-state index is 11.8. The highest BCUT2D eigenvalue weighted by atomic mass is 35.5. The van der Waals surface area contributed by atoms with Crippen molar-refractivity contribution in [2.45, 2.75) is 33.7 Å². The number of amides is 2. The van der Waals surface area contributed by atoms with Crippen LogP contribution < -0.4 is 16.0 Å². The molecule has 3 aromatic rings. The van der Waals surface area contributed by atoms with Crippen molar-refractivity contribution >= 4 is 40.6 Å². The molecule has 0 aliphatic rings. The van der Waals surface area contributed by atoms with Gasteiger partial charge in [-0.3, -0.25) is 9.59 Å². The van der Waals surface area contributed by atoms with Gasteiger partial charge in [0.25, 0.3) is 0 Å². The molecule has 9 nitrogen and oxygen atoms in total. The molecule has 33 heavy (non-hydrogen) atoms. The Morgan fingerprint density at radius 1 is 1.24 bits per heavy atom. The molecule has 1 heterocycles. The van der Waals surface area contributed by atoms with Crippen LogP contribution >= 0.6 is 11.6 Å². The second-order valence-electron chi connectivity index (χ2n) is 7.29. The van der Waals surface area contributed by atoms with Crippen molar-refractivity contribution in [2.24, 2.45) is 0 Å². The molecule has 0 fully saturated rings. The third-order valence-electron chi connectivity index (χ3n) is 4.76. The number of nitriles is 1. The van der Waals surface area contributed by atoms with Gasteiger partial charge in [-0.25, -0.2) is 4.68 Å². The lowest BCUT2D eigenvalue weighted by molar-refractivity contribution is -0.116. The Morgan fingerprint density at radius 2 is 2.00 bits per heavy atom. The summed E-state index contributed by atoms with van der Waals surface area (Å²) in [6, 6.07) is 12.4. The molecule has 3 rings (SSSR count). The van der Waals surface area contributed by atoms with E-state index in [1.54, 1.807) is 54.9 Å². The summed E-state index contributed by atoms with van der Waals surface area (Å²) in [5.41, 5.74) is 3.02. The molecule has 0 spiro atoms. The number of aromatic hydroxyl groups is 1. The van der Waals surface area contributed by atoms with Gasteiger partial charge in [-0.1, -0.05) is 24.6 Å². The predicted octanol–water partition coefficient (Wildman–Crippen LogP) is 4.33. The number of carbonyl (C=O) groups excluding carboxylic acids is 2. The predicted molar refractivity (Wildman–Crippen MR) is 127 cm³/mol. The number of phenols is 1. The lowest BCUT2D eigenvalue weighted by atomic mass is 10.1. The molecular weight excluding hydrogens is 444 g/mol. The van der Waals surface area contributed by atoms with Crippen molar-refractivity contribution in [1.29, 1.82) is 5.26 Å². The van der Waals surface area contributed by atoms with Crippen LogP contribution in [0.15, 0.2) is 36.4 Å². The van der Waals surface area contributed by atoms with Crippen LogP contribution in [0.25, 0.3) is 5.69 Å². The van der Waals surface area contributed by atoms with Crippen LogP contribution in [0, 0.1) is 18.3 Å². The fourth-order valence-electron chi connectivity index (χ4n) is 3.21. The molecular formula is C23H23ClN6O3. The number of anilines is 3. The summed E-state index contributed by atoms with van der Waals surface area (Å²) in [5.74, 6) is -0.213. The topological polar surface area (TPSA) is 132 Å². The highest BCUT2D eigenvalue weighted by Crippen LogP contribution is 2.34. The van der Waals surface area contributed by atoms with E-state index in [0.29, 0.717) is 34.0 Å². The molecule has 0 unspecified atom stereocenters. The van der Waals surface area contributed by atoms with E-state index in [0.717, 1.165) is 0 Å². The summed E-state index contributed by atoms with van der Waals surface area (Å²) in [7, 11) is 0. The fourth-order valence-corrected chi connectivity index (χ4v) is 3.45. The van der Waals surface area contributed by atoms with Gasteiger partial charge >= 0.3 is 0 Å². The molecule has 4 N–H and O–H groups in total. The number of benzene rings is 2. The Balaban J connectivity index is 1.95. The zero-order valence-electron chi connectivity index (χ0n) is 18.4. The van der Waals surface area contributed by atoms with Gasteiger partial charge in [0.1, 0.15) is 17.5 Å². The van der Waals surface area contributed by atoms with Crippen LogP contribution in [-0.4, -0.2) is 26.7 Å². The number of nitrogens with one attached hydrogen (secondary N) is 3. The minimum absolute atomic E-state index is 0.0916. The smallest absolute Gasteiger partial charge is 0.224 e. The number of hydrogen-bond donors (Lipinski definition) is 4. The summed E-state index contributed by atoms with van der Waals surface area (Å²) in [6.07, 6.45) is 0.251. The average molecular weight is 467 g/mol. The van der Waals surface area contributed by atoms with Crippen LogP contribution in [0.4, 0.5) is 17.2 Å². The van der Waals surface area contributed by atoms with Crippen LogP contribution in [0.5, 0.6) is 5.75 Å². The van der Waals surface area contributed by atoms with Gasteiger partial charge < -0.3 is 21.1 Å². The molecule has 0 saturated carbocycles. The van der Waals surface area contributed by atoms with Gasteiger partial charge in [0, 0.05) is 25.6 Å². The third kappa shape index (κ3) is 5.42. The Hall–Kier alpha value is -4.03. The van der Waals surface area contributed by atoms with Crippen LogP contribution in [0.3, 0.4) is 0 Å². The Bertz CT molecular complexity index is 1260. The fraction of sp³-hybridized carbons (Fsp3) is 0.217. The maximum absolute atomic E-state index is 11.8. The number of aromatic nitrogens is 2. The normalized spacial score (nSPS) is 10.4. The van der Waals surface area contributed by atoms with Crippen LogP contribution in [0.2, 0.25) is 5.02 Å². The monoisotopic (exact) mass is 466 g/mol. The highest BCUT2D eigenvalue weighted by Gasteiger charge is 2.18. The first-order chi connectivity index (χ1) is 15.7. The van der Waals surface area contributed by atoms with Crippen molar-refractivity contribution in [2.75, 3.05) is 16.0 Å². The molecule has 2 aromatic carbocycles. The summed E-state index contributed by atoms with van der Waals surface area (Å²) in [4.78, 5) is 23.2. The van der Waals surface area contributed by atoms with Gasteiger partial charge in [-0.05, 0) is 42.8 Å². The van der Waals surface area contributed by atoms with Crippen molar-refractivity contribution in [1.82, 2.24) is 9.78 Å². The SMILES string of the molecule is CCC(=O)Nc1cc(CNc2c(C#N)c(C)nn2-c2cccc(NC(C)=O)c2)cc(Cl)c1O. The van der Waals surface area contributed by atoms with E-state index < -0.39 is 0 Å². The van der Waals surface area contributed by atoms with E-state index in [1.807, 2.05) is 0 Å². The van der Waals surface area contributed by atoms with Gasteiger partial charge in [0.05, 0.1) is 22.1 Å². The summed E-state index contributed by atoms with van der Waals surface area (Å²) >= 11 is 6.14. The summed E-state index contributed by atoms with van der Waals surface area (Å²) < 4.78 is 1.58. The number of nitrogens with zero attached hydrogens (tertiary/aromatic N) is 3. The van der Waals surface area contributed by atoms with Crippen LogP contribution in [-0.2, 0) is 16.1 Å². The third-order valence-corrected chi connectivity index (χ3v) is 5.05. The van der Waals surface area contributed by atoms with E-state index in [1.165, 1.54) is 6.92 Å². The van der Waals surface area contributed by atoms with E-state index in [9.17, 15) is 20.0 Å². The van der Waals surface area contributed by atoms with Crippen molar-refractivity contribution in [3.8, 4) is 17.5 Å². The Labute approximate surface area is 196 Å². The number of carbonyl (C=O) groups is 2. The Morgan fingerprint density at radius 3 is 2.67 bits per heavy atom. The molecule has 0 aliphatic carbocycles. The van der Waals surface area contributed by atoms with Gasteiger partial charge in [0.15, 0.2) is 5.75 Å². The zero-order chi connectivity index (χ0) is 24.1. The molecule has 10 heteroatoms. The Kier molecular flexibility index (Phi) is 7.20. The largest absolute Gasteiger partial charge is 0.504 e. The first kappa shape index (κ1) is 23.6. The van der Waals surface area contributed by atoms with Crippen LogP contribution in [0.1, 0.15) is 37.1 Å². The molecule has 1 aromatic heterocycles. The molecule has 0 aliphatic heterocycles. The van der Waals surface area contributed by atoms with Crippen molar-refractivity contribution in [3.63, 3.8) is 0 Å². The minimum Gasteiger partial charge on any atom is -0.504 e. The number of rotatable bonds is 7. The molecule has 0 atom stereocenters. The highest BCUT2D eigenvalue weighted by molar-refractivity contribution is 6.32. The number of halogens is 1. The van der Waals surface area contributed by atoms with E-state index in [2.05, 4.69) is 27.1 Å². The number of aryl methyl sites for hydroxylation is 1. The first-order valence-corrected chi connectivity index (χ1v) is 10.5. The molecule has 0 radical (unpaired) electrons. The molecule has 0 saturated heterocycles. The summed E-state index contributed by atoms with van der Waals surface area (Å²) in [6.45, 7) is 5.09. The van der Waals surface area contributed by atoms with Gasteiger partial charge in [-0.2, -0.15) is 10.4 Å². The van der Waals surface area contributed by atoms with E-state index >= 15 is 0 Å². The second kappa shape index (κ2) is 10.1.